The van der Waals surface area contributed by atoms with Crippen molar-refractivity contribution in [2.45, 2.75) is 37.6 Å². The smallest absolute Gasteiger partial charge is 0.281 e. The highest BCUT2D eigenvalue weighted by atomic mass is 16.6. The van der Waals surface area contributed by atoms with E-state index >= 15 is 0 Å². The second kappa shape index (κ2) is 7.25. The predicted octanol–water partition coefficient (Wildman–Crippen LogP) is -0.977. The zero-order chi connectivity index (χ0) is 18.9. The average molecular weight is 359 g/mol. The molecule has 138 valence electrons. The Labute approximate surface area is 140 Å². The summed E-state index contributed by atoms with van der Waals surface area (Å²) in [7, 11) is 0. The van der Waals surface area contributed by atoms with Gasteiger partial charge < -0.3 is 30.5 Å². The third-order valence-corrected chi connectivity index (χ3v) is 3.96. The number of nitrogens with one attached hydrogen (secondary N) is 1. The summed E-state index contributed by atoms with van der Waals surface area (Å²) in [6.07, 6.45) is -7.42. The zero-order valence-electron chi connectivity index (χ0n) is 13.0. The number of aliphatic hydroxyl groups excluding tert-OH is 4. The first-order chi connectivity index (χ1) is 11.7. The third kappa shape index (κ3) is 3.67. The maximum Gasteiger partial charge on any atom is 0.281 e. The van der Waals surface area contributed by atoms with Crippen LogP contribution in [0.5, 0.6) is 0 Å². The van der Waals surface area contributed by atoms with Gasteiger partial charge in [0.1, 0.15) is 24.4 Å². The highest BCUT2D eigenvalue weighted by Gasteiger charge is 2.43. The van der Waals surface area contributed by atoms with Crippen molar-refractivity contribution in [3.05, 3.63) is 37.9 Å². The van der Waals surface area contributed by atoms with Crippen molar-refractivity contribution >= 4 is 17.1 Å². The Kier molecular flexibility index (Phi) is 5.49. The molecular formula is C13H17N3O9. The van der Waals surface area contributed by atoms with E-state index in [1.165, 1.54) is 6.92 Å². The van der Waals surface area contributed by atoms with Crippen molar-refractivity contribution in [2.24, 2.45) is 0 Å². The van der Waals surface area contributed by atoms with Gasteiger partial charge in [0.05, 0.1) is 33.8 Å². The maximum atomic E-state index is 11.1. The van der Waals surface area contributed by atoms with E-state index in [2.05, 4.69) is 5.32 Å². The number of hydrogen-bond acceptors (Lipinski definition) is 10. The number of nitro benzene ring substituents is 2. The molecule has 1 aromatic rings. The third-order valence-electron chi connectivity index (χ3n) is 3.96. The topological polar surface area (TPSA) is 188 Å². The van der Waals surface area contributed by atoms with Crippen molar-refractivity contribution < 1.29 is 35.0 Å². The summed E-state index contributed by atoms with van der Waals surface area (Å²) in [6.45, 7) is 0.686. The minimum Gasteiger partial charge on any atom is -0.394 e. The molecule has 12 nitrogen and oxygen atoms in total. The number of hydrogen-bond donors (Lipinski definition) is 5. The summed E-state index contributed by atoms with van der Waals surface area (Å²) in [5.41, 5.74) is -1.08. The van der Waals surface area contributed by atoms with E-state index in [9.17, 15) is 35.5 Å². The van der Waals surface area contributed by atoms with Crippen molar-refractivity contribution in [3.8, 4) is 0 Å². The second-order valence-electron chi connectivity index (χ2n) is 5.55. The van der Waals surface area contributed by atoms with Gasteiger partial charge in [-0.2, -0.15) is 0 Å². The first kappa shape index (κ1) is 19.0. The molecule has 2 rings (SSSR count). The van der Waals surface area contributed by atoms with Gasteiger partial charge in [0.15, 0.2) is 6.23 Å². The molecule has 1 aliphatic heterocycles. The van der Waals surface area contributed by atoms with E-state index in [4.69, 9.17) is 9.84 Å². The van der Waals surface area contributed by atoms with Gasteiger partial charge in [-0.1, -0.05) is 0 Å². The van der Waals surface area contributed by atoms with Crippen LogP contribution in [0.1, 0.15) is 5.56 Å². The number of nitrogens with zero attached hydrogens (tertiary/aromatic N) is 2. The van der Waals surface area contributed by atoms with Gasteiger partial charge in [0.2, 0.25) is 0 Å². The van der Waals surface area contributed by atoms with Gasteiger partial charge in [-0.25, -0.2) is 0 Å². The van der Waals surface area contributed by atoms with Crippen LogP contribution in [0, 0.1) is 27.2 Å². The van der Waals surface area contributed by atoms with E-state index in [-0.39, 0.29) is 11.3 Å². The van der Waals surface area contributed by atoms with Gasteiger partial charge in [0, 0.05) is 6.07 Å². The molecule has 12 heteroatoms. The Morgan fingerprint density at radius 2 is 1.76 bits per heavy atom. The van der Waals surface area contributed by atoms with Crippen LogP contribution in [0.2, 0.25) is 0 Å². The number of anilines is 1. The summed E-state index contributed by atoms with van der Waals surface area (Å²) in [4.78, 5) is 20.4. The van der Waals surface area contributed by atoms with Crippen molar-refractivity contribution in [1.82, 2.24) is 0 Å². The van der Waals surface area contributed by atoms with Crippen molar-refractivity contribution in [3.63, 3.8) is 0 Å². The van der Waals surface area contributed by atoms with Gasteiger partial charge >= 0.3 is 0 Å². The van der Waals surface area contributed by atoms with Crippen LogP contribution in [-0.4, -0.2) is 67.5 Å². The first-order valence-electron chi connectivity index (χ1n) is 7.17. The van der Waals surface area contributed by atoms with Crippen LogP contribution in [0.15, 0.2) is 12.1 Å². The molecule has 1 saturated heterocycles. The molecule has 0 spiro atoms. The largest absolute Gasteiger partial charge is 0.394 e. The monoisotopic (exact) mass is 359 g/mol. The highest BCUT2D eigenvalue weighted by molar-refractivity contribution is 5.66. The van der Waals surface area contributed by atoms with Gasteiger partial charge in [-0.05, 0) is 6.92 Å². The quantitative estimate of drug-likeness (QED) is 0.323. The van der Waals surface area contributed by atoms with Crippen LogP contribution in [0.4, 0.5) is 17.1 Å². The lowest BCUT2D eigenvalue weighted by Gasteiger charge is -2.40. The van der Waals surface area contributed by atoms with Crippen LogP contribution >= 0.6 is 0 Å². The van der Waals surface area contributed by atoms with Gasteiger partial charge in [-0.15, -0.1) is 0 Å². The van der Waals surface area contributed by atoms with Gasteiger partial charge in [-0.3, -0.25) is 20.2 Å². The summed E-state index contributed by atoms with van der Waals surface area (Å²) < 4.78 is 5.23. The number of ether oxygens (including phenoxy) is 1. The Bertz CT molecular complexity index is 681. The molecule has 0 radical (unpaired) electrons. The number of non-ortho nitro benzene ring substituents is 1. The molecule has 1 fully saturated rings. The molecule has 0 bridgehead atoms. The van der Waals surface area contributed by atoms with Crippen LogP contribution < -0.4 is 5.32 Å². The Balaban J connectivity index is 2.38. The van der Waals surface area contributed by atoms with E-state index in [1.54, 1.807) is 0 Å². The van der Waals surface area contributed by atoms with E-state index < -0.39 is 58.5 Å². The number of rotatable bonds is 5. The number of benzene rings is 1. The normalized spacial score (nSPS) is 29.2. The van der Waals surface area contributed by atoms with E-state index in [1.807, 2.05) is 0 Å². The van der Waals surface area contributed by atoms with Crippen LogP contribution in [-0.2, 0) is 4.74 Å². The molecule has 25 heavy (non-hydrogen) atoms. The molecule has 1 aromatic carbocycles. The molecule has 0 aromatic heterocycles. The highest BCUT2D eigenvalue weighted by Crippen LogP contribution is 2.33. The Morgan fingerprint density at radius 3 is 2.28 bits per heavy atom. The Hall–Kier alpha value is -2.38. The van der Waals surface area contributed by atoms with Crippen LogP contribution in [0.3, 0.4) is 0 Å². The summed E-state index contributed by atoms with van der Waals surface area (Å²) in [5.74, 6) is 0. The SMILES string of the molecule is Cc1c(NC2O[C@H](CO)[C@@H](O)[C@H](O)[C@H]2O)cc([N+](=O)[O-])cc1[N+](=O)[O-]. The van der Waals surface area contributed by atoms with Crippen LogP contribution in [0.25, 0.3) is 0 Å². The molecule has 0 saturated carbocycles. The standard InChI is InChI=1S/C13H17N3O9/c1-5-7(2-6(15(21)22)3-8(5)16(23)24)14-13-12(20)11(19)10(18)9(4-17)25-13/h2-3,9-14,17-20H,4H2,1H3/t9-,10-,11+,12-,13?/m1/s1. The fraction of sp³-hybridized carbons (Fsp3) is 0.538. The van der Waals surface area contributed by atoms with E-state index in [0.717, 1.165) is 12.1 Å². The summed E-state index contributed by atoms with van der Waals surface area (Å²) in [6, 6.07) is 1.82. The minimum atomic E-state index is -1.66. The fourth-order valence-electron chi connectivity index (χ4n) is 2.50. The molecule has 0 amide bonds. The predicted molar refractivity (Wildman–Crippen MR) is 81.9 cm³/mol. The van der Waals surface area contributed by atoms with E-state index in [0.29, 0.717) is 0 Å². The lowest BCUT2D eigenvalue weighted by molar-refractivity contribution is -0.394. The maximum absolute atomic E-state index is 11.1. The van der Waals surface area contributed by atoms with Crippen molar-refractivity contribution in [1.29, 1.82) is 0 Å². The summed E-state index contributed by atoms with van der Waals surface area (Å²) in [5, 5.41) is 63.2. The van der Waals surface area contributed by atoms with Gasteiger partial charge in [0.25, 0.3) is 11.4 Å². The molecule has 1 heterocycles. The molecule has 5 atom stereocenters. The molecule has 1 aliphatic rings. The van der Waals surface area contributed by atoms with Crippen molar-refractivity contribution in [2.75, 3.05) is 11.9 Å². The molecular weight excluding hydrogens is 342 g/mol. The minimum absolute atomic E-state index is 0.0487. The fourth-order valence-corrected chi connectivity index (χ4v) is 2.50. The summed E-state index contributed by atoms with van der Waals surface area (Å²) >= 11 is 0. The lowest BCUT2D eigenvalue weighted by atomic mass is 9.98. The average Bonchev–Trinajstić information content (AvgIpc) is 2.56. The molecule has 1 unspecified atom stereocenters. The zero-order valence-corrected chi connectivity index (χ0v) is 13.0. The molecule has 5 N–H and O–H groups in total. The number of nitro groups is 2. The lowest BCUT2D eigenvalue weighted by Crippen LogP contribution is -2.60. The number of aliphatic hydroxyl groups is 4. The molecule has 0 aliphatic carbocycles. The first-order valence-corrected chi connectivity index (χ1v) is 7.17. The second-order valence-corrected chi connectivity index (χ2v) is 5.55. The Morgan fingerprint density at radius 1 is 1.12 bits per heavy atom.